The Kier molecular flexibility index (Phi) is 5.61. The lowest BCUT2D eigenvalue weighted by Crippen LogP contribution is -2.47. The fourth-order valence-electron chi connectivity index (χ4n) is 3.62. The number of nitro groups is 1. The number of rotatable bonds is 4. The molecule has 0 saturated carbocycles. The third-order valence-electron chi connectivity index (χ3n) is 5.36. The molecule has 11 heteroatoms. The number of carbonyl (C=O) groups is 1. The van der Waals surface area contributed by atoms with E-state index in [2.05, 4.69) is 25.1 Å². The van der Waals surface area contributed by atoms with Crippen molar-refractivity contribution in [3.63, 3.8) is 0 Å². The first kappa shape index (κ1) is 20.9. The van der Waals surface area contributed by atoms with Gasteiger partial charge < -0.3 is 15.1 Å². The van der Waals surface area contributed by atoms with Crippen molar-refractivity contribution in [1.29, 1.82) is 0 Å². The van der Waals surface area contributed by atoms with E-state index in [-0.39, 0.29) is 11.6 Å². The molecule has 5 rings (SSSR count). The van der Waals surface area contributed by atoms with Gasteiger partial charge in [-0.25, -0.2) is 15.0 Å². The number of amides is 1. The number of anilines is 3. The van der Waals surface area contributed by atoms with Crippen LogP contribution in [0.3, 0.4) is 0 Å². The highest BCUT2D eigenvalue weighted by Crippen LogP contribution is 2.38. The fourth-order valence-corrected chi connectivity index (χ4v) is 4.51. The molecule has 1 N–H and O–H groups in total. The van der Waals surface area contributed by atoms with Crippen molar-refractivity contribution in [2.75, 3.05) is 41.3 Å². The smallest absolute Gasteiger partial charge is 0.269 e. The molecule has 1 amide bonds. The van der Waals surface area contributed by atoms with Gasteiger partial charge in [-0.1, -0.05) is 17.8 Å². The summed E-state index contributed by atoms with van der Waals surface area (Å²) in [7, 11) is 0. The zero-order valence-electron chi connectivity index (χ0n) is 17.4. The molecular formula is C22H19N7O3S. The standard InChI is InChI=1S/C22H19N7O3S/c30-20-18(13-15-4-6-16(7-5-15)29(31)32)33-21-17(25-20)14-24-22(26-21)28-11-9-27(10-12-28)19-3-1-2-8-23-19/h1-8,13-14H,9-12H2,(H,25,30)/b18-13+. The number of benzene rings is 1. The fraction of sp³-hybridized carbons (Fsp3) is 0.182. The van der Waals surface area contributed by atoms with Crippen LogP contribution in [-0.2, 0) is 4.79 Å². The maximum atomic E-state index is 12.5. The van der Waals surface area contributed by atoms with Gasteiger partial charge in [0.2, 0.25) is 5.95 Å². The average Bonchev–Trinajstić information content (AvgIpc) is 2.85. The quantitative estimate of drug-likeness (QED) is 0.270. The SMILES string of the molecule is O=C1Nc2cnc(N3CCN(c4ccccn4)CC3)nc2S/C1=C/c1ccc([N+](=O)[O-])cc1. The van der Waals surface area contributed by atoms with Gasteiger partial charge in [-0.3, -0.25) is 14.9 Å². The Balaban J connectivity index is 1.31. The monoisotopic (exact) mass is 461 g/mol. The zero-order chi connectivity index (χ0) is 22.8. The maximum absolute atomic E-state index is 12.5. The number of hydrogen-bond acceptors (Lipinski definition) is 9. The van der Waals surface area contributed by atoms with Crippen LogP contribution in [0.5, 0.6) is 0 Å². The number of aromatic nitrogens is 3. The Hall–Kier alpha value is -3.99. The third kappa shape index (κ3) is 4.48. The van der Waals surface area contributed by atoms with E-state index >= 15 is 0 Å². The molecule has 33 heavy (non-hydrogen) atoms. The number of hydrogen-bond donors (Lipinski definition) is 1. The number of fused-ring (bicyclic) bond motifs is 1. The van der Waals surface area contributed by atoms with Gasteiger partial charge in [-0.2, -0.15) is 0 Å². The number of carbonyl (C=O) groups excluding carboxylic acids is 1. The largest absolute Gasteiger partial charge is 0.353 e. The van der Waals surface area contributed by atoms with Crippen LogP contribution in [0.4, 0.5) is 23.1 Å². The molecule has 4 heterocycles. The molecule has 1 fully saturated rings. The highest BCUT2D eigenvalue weighted by atomic mass is 32.2. The molecule has 2 aliphatic heterocycles. The first-order valence-electron chi connectivity index (χ1n) is 10.3. The second-order valence-electron chi connectivity index (χ2n) is 7.46. The molecule has 166 valence electrons. The minimum Gasteiger partial charge on any atom is -0.353 e. The molecule has 0 aliphatic carbocycles. The third-order valence-corrected chi connectivity index (χ3v) is 6.38. The maximum Gasteiger partial charge on any atom is 0.269 e. The minimum absolute atomic E-state index is 0.00349. The van der Waals surface area contributed by atoms with E-state index in [0.717, 1.165) is 32.0 Å². The summed E-state index contributed by atoms with van der Waals surface area (Å²) in [6, 6.07) is 11.9. The Labute approximate surface area is 193 Å². The lowest BCUT2D eigenvalue weighted by atomic mass is 10.2. The summed E-state index contributed by atoms with van der Waals surface area (Å²) in [6.45, 7) is 3.15. The van der Waals surface area contributed by atoms with Crippen molar-refractivity contribution in [2.45, 2.75) is 5.03 Å². The Bertz CT molecular complexity index is 1230. The highest BCUT2D eigenvalue weighted by Gasteiger charge is 2.26. The van der Waals surface area contributed by atoms with Crippen LogP contribution in [0.25, 0.3) is 6.08 Å². The Morgan fingerprint density at radius 2 is 1.79 bits per heavy atom. The molecule has 1 aromatic carbocycles. The second-order valence-corrected chi connectivity index (χ2v) is 8.49. The van der Waals surface area contributed by atoms with E-state index < -0.39 is 4.92 Å². The lowest BCUT2D eigenvalue weighted by Gasteiger charge is -2.35. The van der Waals surface area contributed by atoms with Crippen molar-refractivity contribution in [3.05, 3.63) is 75.4 Å². The normalized spacial score (nSPS) is 17.0. The van der Waals surface area contributed by atoms with Gasteiger partial charge in [0.25, 0.3) is 11.6 Å². The van der Waals surface area contributed by atoms with E-state index in [1.165, 1.54) is 23.9 Å². The van der Waals surface area contributed by atoms with E-state index in [4.69, 9.17) is 4.98 Å². The Morgan fingerprint density at radius 3 is 2.48 bits per heavy atom. The number of thioether (sulfide) groups is 1. The van der Waals surface area contributed by atoms with Crippen LogP contribution in [0, 0.1) is 10.1 Å². The number of nitro benzene ring substituents is 1. The van der Waals surface area contributed by atoms with E-state index in [9.17, 15) is 14.9 Å². The molecule has 1 saturated heterocycles. The number of pyridine rings is 1. The second kappa shape index (κ2) is 8.87. The molecule has 2 aromatic heterocycles. The number of nitrogens with zero attached hydrogens (tertiary/aromatic N) is 6. The van der Waals surface area contributed by atoms with Gasteiger partial charge in [-0.15, -0.1) is 0 Å². The van der Waals surface area contributed by atoms with Gasteiger partial charge in [0.1, 0.15) is 10.8 Å². The molecule has 0 atom stereocenters. The van der Waals surface area contributed by atoms with Gasteiger partial charge in [0, 0.05) is 44.5 Å². The summed E-state index contributed by atoms with van der Waals surface area (Å²) in [5.41, 5.74) is 1.27. The van der Waals surface area contributed by atoms with Crippen molar-refractivity contribution >= 4 is 46.9 Å². The van der Waals surface area contributed by atoms with Crippen LogP contribution in [-0.4, -0.2) is 52.0 Å². The van der Waals surface area contributed by atoms with E-state index in [1.807, 2.05) is 18.2 Å². The van der Waals surface area contributed by atoms with Crippen LogP contribution in [0.1, 0.15) is 5.56 Å². The summed E-state index contributed by atoms with van der Waals surface area (Å²) in [6.07, 6.45) is 5.12. The highest BCUT2D eigenvalue weighted by molar-refractivity contribution is 8.04. The van der Waals surface area contributed by atoms with Crippen molar-refractivity contribution in [1.82, 2.24) is 15.0 Å². The van der Waals surface area contributed by atoms with Crippen LogP contribution >= 0.6 is 11.8 Å². The van der Waals surface area contributed by atoms with Gasteiger partial charge >= 0.3 is 0 Å². The Morgan fingerprint density at radius 1 is 1.03 bits per heavy atom. The molecule has 0 spiro atoms. The zero-order valence-corrected chi connectivity index (χ0v) is 18.2. The lowest BCUT2D eigenvalue weighted by molar-refractivity contribution is -0.384. The van der Waals surface area contributed by atoms with Crippen molar-refractivity contribution in [3.8, 4) is 0 Å². The molecule has 0 unspecified atom stereocenters. The molecule has 10 nitrogen and oxygen atoms in total. The topological polar surface area (TPSA) is 117 Å². The molecule has 0 bridgehead atoms. The summed E-state index contributed by atoms with van der Waals surface area (Å²) in [5.74, 6) is 1.32. The van der Waals surface area contributed by atoms with Gasteiger partial charge in [-0.05, 0) is 35.9 Å². The summed E-state index contributed by atoms with van der Waals surface area (Å²) in [5, 5.41) is 14.3. The first-order chi connectivity index (χ1) is 16.1. The molecule has 3 aromatic rings. The molecular weight excluding hydrogens is 442 g/mol. The number of non-ortho nitro benzene ring substituents is 1. The summed E-state index contributed by atoms with van der Waals surface area (Å²) in [4.78, 5) is 41.3. The van der Waals surface area contributed by atoms with Gasteiger partial charge in [0.05, 0.1) is 21.7 Å². The predicted molar refractivity (Wildman–Crippen MR) is 126 cm³/mol. The van der Waals surface area contributed by atoms with Crippen LogP contribution in [0.15, 0.2) is 64.8 Å². The van der Waals surface area contributed by atoms with E-state index in [0.29, 0.717) is 27.1 Å². The van der Waals surface area contributed by atoms with Crippen molar-refractivity contribution in [2.24, 2.45) is 0 Å². The minimum atomic E-state index is -0.454. The number of nitrogens with one attached hydrogen (secondary N) is 1. The summed E-state index contributed by atoms with van der Waals surface area (Å²) >= 11 is 1.26. The number of piperazine rings is 1. The predicted octanol–water partition coefficient (Wildman–Crippen LogP) is 3.19. The van der Waals surface area contributed by atoms with Crippen LogP contribution < -0.4 is 15.1 Å². The van der Waals surface area contributed by atoms with Crippen LogP contribution in [0.2, 0.25) is 0 Å². The molecule has 2 aliphatic rings. The molecule has 0 radical (unpaired) electrons. The summed E-state index contributed by atoms with van der Waals surface area (Å²) < 4.78 is 0. The van der Waals surface area contributed by atoms with Gasteiger partial charge in [0.15, 0.2) is 0 Å². The van der Waals surface area contributed by atoms with E-state index in [1.54, 1.807) is 30.6 Å². The van der Waals surface area contributed by atoms with Crippen molar-refractivity contribution < 1.29 is 9.72 Å². The average molecular weight is 462 g/mol. The first-order valence-corrected chi connectivity index (χ1v) is 11.1.